The maximum Gasteiger partial charge on any atom is 0.243 e. The van der Waals surface area contributed by atoms with Crippen LogP contribution in [0.25, 0.3) is 10.9 Å². The molecule has 0 aliphatic heterocycles. The first kappa shape index (κ1) is 21.7. The van der Waals surface area contributed by atoms with Crippen molar-refractivity contribution in [3.05, 3.63) is 48.7 Å². The van der Waals surface area contributed by atoms with E-state index in [0.717, 1.165) is 35.9 Å². The van der Waals surface area contributed by atoms with Gasteiger partial charge >= 0.3 is 0 Å². The molecule has 2 bridgehead atoms. The summed E-state index contributed by atoms with van der Waals surface area (Å²) < 4.78 is 17.0. The first-order valence-electron chi connectivity index (χ1n) is 11.8. The number of aromatic nitrogens is 1. The number of hydrogen-bond acceptors (Lipinski definition) is 6. The topological polar surface area (TPSA) is 104 Å². The van der Waals surface area contributed by atoms with Crippen molar-refractivity contribution >= 4 is 28.4 Å². The molecule has 2 N–H and O–H groups in total. The molecule has 8 heteroatoms. The molecule has 35 heavy (non-hydrogen) atoms. The zero-order valence-electron chi connectivity index (χ0n) is 19.7. The van der Waals surface area contributed by atoms with Crippen LogP contribution >= 0.6 is 0 Å². The summed E-state index contributed by atoms with van der Waals surface area (Å²) in [7, 11) is 3.17. The van der Waals surface area contributed by atoms with Gasteiger partial charge in [-0.15, -0.1) is 0 Å². The molecule has 1 heterocycles. The van der Waals surface area contributed by atoms with E-state index in [4.69, 9.17) is 19.9 Å². The van der Waals surface area contributed by atoms with Gasteiger partial charge in [-0.1, -0.05) is 0 Å². The maximum atomic E-state index is 13.5. The van der Waals surface area contributed by atoms with Crippen LogP contribution in [-0.4, -0.2) is 36.6 Å². The fourth-order valence-corrected chi connectivity index (χ4v) is 5.54. The monoisotopic (exact) mass is 473 g/mol. The highest BCUT2D eigenvalue weighted by molar-refractivity contribution is 6.14. The van der Waals surface area contributed by atoms with Crippen LogP contribution < -0.4 is 24.8 Å². The van der Waals surface area contributed by atoms with Crippen molar-refractivity contribution in [2.45, 2.75) is 37.6 Å². The number of pyridine rings is 1. The lowest BCUT2D eigenvalue weighted by atomic mass is 9.48. The van der Waals surface area contributed by atoms with Crippen molar-refractivity contribution in [1.29, 1.82) is 0 Å². The van der Waals surface area contributed by atoms with Crippen LogP contribution in [0.3, 0.4) is 0 Å². The van der Waals surface area contributed by atoms with Gasteiger partial charge in [0.25, 0.3) is 0 Å². The normalized spacial score (nSPS) is 23.0. The highest BCUT2D eigenvalue weighted by Crippen LogP contribution is 2.63. The fourth-order valence-electron chi connectivity index (χ4n) is 5.54. The van der Waals surface area contributed by atoms with Crippen LogP contribution in [0.1, 0.15) is 32.1 Å². The Morgan fingerprint density at radius 1 is 0.971 bits per heavy atom. The number of nitrogens with zero attached hydrogens (tertiary/aromatic N) is 2. The van der Waals surface area contributed by atoms with Crippen LogP contribution in [0.15, 0.2) is 48.7 Å². The third kappa shape index (κ3) is 3.23. The van der Waals surface area contributed by atoms with E-state index < -0.39 is 11.3 Å². The van der Waals surface area contributed by atoms with Gasteiger partial charge in [-0.3, -0.25) is 14.6 Å². The Morgan fingerprint density at radius 2 is 1.63 bits per heavy atom. The first-order chi connectivity index (χ1) is 16.9. The molecule has 8 nitrogen and oxygen atoms in total. The lowest BCUT2D eigenvalue weighted by Gasteiger charge is -2.66. The molecule has 0 saturated heterocycles. The zero-order chi connectivity index (χ0) is 24.4. The van der Waals surface area contributed by atoms with E-state index >= 15 is 0 Å². The summed E-state index contributed by atoms with van der Waals surface area (Å²) in [6, 6.07) is 12.9. The predicted molar refractivity (Wildman–Crippen MR) is 130 cm³/mol. The van der Waals surface area contributed by atoms with E-state index in [1.54, 1.807) is 26.5 Å². The second-order valence-electron chi connectivity index (χ2n) is 9.92. The minimum Gasteiger partial charge on any atom is -0.493 e. The van der Waals surface area contributed by atoms with Gasteiger partial charge in [-0.25, -0.2) is 0 Å². The molecular formula is C27H27N3O5. The zero-order valence-corrected chi connectivity index (χ0v) is 19.7. The molecule has 0 unspecified atom stereocenters. The Bertz CT molecular complexity index is 1330. The van der Waals surface area contributed by atoms with Crippen molar-refractivity contribution in [2.24, 2.45) is 17.1 Å². The standard InChI is InChI=1S/C27H27N3O5/c1-33-22-11-19-20(12-23(22)34-2)29-10-7-21(19)35-18-5-3-17(4-6-18)30(26-13-16(14-26)15-26)25(32)27(8-9-27)24(28)31/h3-7,10-12,16H,8-9,13-15H2,1-2H3,(H2,28,31). The minimum absolute atomic E-state index is 0.155. The van der Waals surface area contributed by atoms with Gasteiger partial charge in [0.05, 0.1) is 19.7 Å². The molecule has 3 aromatic rings. The predicted octanol–water partition coefficient (Wildman–Crippen LogP) is 4.20. The molecular weight excluding hydrogens is 446 g/mol. The van der Waals surface area contributed by atoms with E-state index in [2.05, 4.69) is 4.98 Å². The molecule has 2 aromatic carbocycles. The number of amides is 2. The fraction of sp³-hybridized carbons (Fsp3) is 0.370. The van der Waals surface area contributed by atoms with E-state index in [1.807, 2.05) is 41.3 Å². The molecule has 1 aromatic heterocycles. The highest BCUT2D eigenvalue weighted by atomic mass is 16.5. The largest absolute Gasteiger partial charge is 0.493 e. The minimum atomic E-state index is -1.04. The van der Waals surface area contributed by atoms with E-state index in [1.165, 1.54) is 0 Å². The van der Waals surface area contributed by atoms with Crippen molar-refractivity contribution in [3.63, 3.8) is 0 Å². The molecule has 4 aliphatic rings. The molecule has 7 rings (SSSR count). The van der Waals surface area contributed by atoms with Gasteiger partial charge in [0.15, 0.2) is 11.5 Å². The number of methoxy groups -OCH3 is 2. The molecule has 0 atom stereocenters. The molecule has 2 amide bonds. The van der Waals surface area contributed by atoms with Crippen molar-refractivity contribution in [1.82, 2.24) is 4.98 Å². The molecule has 4 saturated carbocycles. The van der Waals surface area contributed by atoms with Gasteiger partial charge in [-0.05, 0) is 74.4 Å². The highest BCUT2D eigenvalue weighted by Gasteiger charge is 2.66. The second kappa shape index (κ2) is 7.60. The Hall–Kier alpha value is -3.81. The summed E-state index contributed by atoms with van der Waals surface area (Å²) in [5.74, 6) is 2.45. The third-order valence-electron chi connectivity index (χ3n) is 7.84. The third-order valence-corrected chi connectivity index (χ3v) is 7.84. The van der Waals surface area contributed by atoms with Crippen molar-refractivity contribution in [2.75, 3.05) is 19.1 Å². The summed E-state index contributed by atoms with van der Waals surface area (Å²) in [5.41, 5.74) is 5.91. The average molecular weight is 474 g/mol. The van der Waals surface area contributed by atoms with Crippen LogP contribution in [0.4, 0.5) is 5.69 Å². The number of benzene rings is 2. The Balaban J connectivity index is 1.30. The second-order valence-corrected chi connectivity index (χ2v) is 9.92. The SMILES string of the molecule is COc1cc2nccc(Oc3ccc(N(C(=O)C4(C(N)=O)CC4)C45CC(C4)C5)cc3)c2cc1OC. The number of rotatable bonds is 8. The summed E-state index contributed by atoms with van der Waals surface area (Å²) in [5, 5.41) is 0.789. The van der Waals surface area contributed by atoms with Crippen LogP contribution in [0, 0.1) is 11.3 Å². The van der Waals surface area contributed by atoms with E-state index in [-0.39, 0.29) is 11.4 Å². The van der Waals surface area contributed by atoms with Gasteiger partial charge in [0.2, 0.25) is 11.8 Å². The molecule has 180 valence electrons. The number of carbonyl (C=O) groups excluding carboxylic acids is 2. The van der Waals surface area contributed by atoms with Gasteiger partial charge in [0.1, 0.15) is 16.9 Å². The van der Waals surface area contributed by atoms with Gasteiger partial charge in [-0.2, -0.15) is 0 Å². The summed E-state index contributed by atoms with van der Waals surface area (Å²) in [6.45, 7) is 0. The summed E-state index contributed by atoms with van der Waals surface area (Å²) in [6.07, 6.45) is 5.70. The first-order valence-corrected chi connectivity index (χ1v) is 11.8. The number of nitrogens with two attached hydrogens (primary N) is 1. The lowest BCUT2D eigenvalue weighted by molar-refractivity contribution is -0.138. The molecule has 0 radical (unpaired) electrons. The van der Waals surface area contributed by atoms with Crippen molar-refractivity contribution < 1.29 is 23.8 Å². The Morgan fingerprint density at radius 3 is 2.17 bits per heavy atom. The maximum absolute atomic E-state index is 13.5. The number of carbonyl (C=O) groups is 2. The molecule has 0 spiro atoms. The number of anilines is 1. The molecule has 4 fully saturated rings. The lowest BCUT2D eigenvalue weighted by Crippen LogP contribution is -2.71. The number of hydrogen-bond donors (Lipinski definition) is 1. The van der Waals surface area contributed by atoms with Gasteiger partial charge in [0, 0.05) is 28.9 Å². The summed E-state index contributed by atoms with van der Waals surface area (Å²) >= 11 is 0. The van der Waals surface area contributed by atoms with Crippen LogP contribution in [0.5, 0.6) is 23.0 Å². The Kier molecular flexibility index (Phi) is 4.71. The van der Waals surface area contributed by atoms with Crippen LogP contribution in [-0.2, 0) is 9.59 Å². The average Bonchev–Trinajstić information content (AvgIpc) is 3.62. The van der Waals surface area contributed by atoms with Crippen molar-refractivity contribution in [3.8, 4) is 23.0 Å². The van der Waals surface area contributed by atoms with Gasteiger partial charge < -0.3 is 24.8 Å². The Labute approximate surface area is 203 Å². The quantitative estimate of drug-likeness (QED) is 0.492. The van der Waals surface area contributed by atoms with E-state index in [9.17, 15) is 9.59 Å². The molecule has 4 aliphatic carbocycles. The van der Waals surface area contributed by atoms with E-state index in [0.29, 0.717) is 41.8 Å². The number of ether oxygens (including phenoxy) is 3. The smallest absolute Gasteiger partial charge is 0.243 e. The summed E-state index contributed by atoms with van der Waals surface area (Å²) in [4.78, 5) is 31.9. The van der Waals surface area contributed by atoms with Crippen LogP contribution in [0.2, 0.25) is 0 Å². The number of primary amides is 1. The number of fused-ring (bicyclic) bond motifs is 1.